The lowest BCUT2D eigenvalue weighted by atomic mass is 10.1. The molecular formula is C13H17BrN2OS2. The molecule has 0 bridgehead atoms. The molecule has 0 aliphatic carbocycles. The van der Waals surface area contributed by atoms with Gasteiger partial charge in [0.1, 0.15) is 0 Å². The van der Waals surface area contributed by atoms with Gasteiger partial charge in [-0.2, -0.15) is 0 Å². The van der Waals surface area contributed by atoms with E-state index in [-0.39, 0.29) is 6.61 Å². The van der Waals surface area contributed by atoms with Crippen molar-refractivity contribution in [3.05, 3.63) is 31.4 Å². The van der Waals surface area contributed by atoms with Crippen molar-refractivity contribution in [3.63, 3.8) is 0 Å². The second kappa shape index (κ2) is 6.35. The van der Waals surface area contributed by atoms with Crippen molar-refractivity contribution in [2.75, 3.05) is 11.9 Å². The lowest BCUT2D eigenvalue weighted by Gasteiger charge is -2.14. The van der Waals surface area contributed by atoms with E-state index < -0.39 is 0 Å². The Hall–Kier alpha value is -0.430. The molecule has 0 fully saturated rings. The molecule has 0 amide bonds. The van der Waals surface area contributed by atoms with Gasteiger partial charge >= 0.3 is 0 Å². The fourth-order valence-corrected chi connectivity index (χ4v) is 4.08. The van der Waals surface area contributed by atoms with Gasteiger partial charge in [-0.15, -0.1) is 11.3 Å². The quantitative estimate of drug-likeness (QED) is 0.866. The van der Waals surface area contributed by atoms with Crippen LogP contribution in [-0.2, 0) is 13.2 Å². The molecule has 2 heterocycles. The number of hydrogen-bond acceptors (Lipinski definition) is 5. The Morgan fingerprint density at radius 2 is 2.21 bits per heavy atom. The first kappa shape index (κ1) is 15.0. The first-order chi connectivity index (χ1) is 9.01. The smallest absolute Gasteiger partial charge is 0.185 e. The van der Waals surface area contributed by atoms with E-state index in [0.717, 1.165) is 26.0 Å². The van der Waals surface area contributed by atoms with Crippen molar-refractivity contribution in [1.82, 2.24) is 4.98 Å². The first-order valence-corrected chi connectivity index (χ1v) is 8.54. The largest absolute Gasteiger partial charge is 0.391 e. The van der Waals surface area contributed by atoms with E-state index in [1.165, 1.54) is 5.56 Å². The lowest BCUT2D eigenvalue weighted by molar-refractivity contribution is 0.283. The minimum absolute atomic E-state index is 0.0724. The van der Waals surface area contributed by atoms with Gasteiger partial charge in [0.05, 0.1) is 21.0 Å². The van der Waals surface area contributed by atoms with Crippen LogP contribution in [-0.4, -0.2) is 17.1 Å². The molecule has 2 rings (SSSR count). The zero-order chi connectivity index (χ0) is 14.0. The van der Waals surface area contributed by atoms with E-state index in [2.05, 4.69) is 51.1 Å². The van der Waals surface area contributed by atoms with Crippen LogP contribution in [0.25, 0.3) is 0 Å². The van der Waals surface area contributed by atoms with Crippen LogP contribution in [0.1, 0.15) is 35.9 Å². The van der Waals surface area contributed by atoms with Crippen LogP contribution >= 0.6 is 38.6 Å². The number of hydrogen-bond donors (Lipinski definition) is 1. The Morgan fingerprint density at radius 1 is 1.47 bits per heavy atom. The van der Waals surface area contributed by atoms with Crippen molar-refractivity contribution in [2.24, 2.45) is 0 Å². The van der Waals surface area contributed by atoms with Crippen molar-refractivity contribution >= 4 is 43.7 Å². The topological polar surface area (TPSA) is 36.4 Å². The van der Waals surface area contributed by atoms with Gasteiger partial charge < -0.3 is 10.0 Å². The molecule has 0 aromatic carbocycles. The monoisotopic (exact) mass is 360 g/mol. The number of halogens is 1. The predicted octanol–water partition coefficient (Wildman–Crippen LogP) is 4.22. The number of aliphatic hydroxyl groups is 1. The molecule has 104 valence electrons. The fraction of sp³-hybridized carbons (Fsp3) is 0.462. The van der Waals surface area contributed by atoms with E-state index in [9.17, 15) is 5.11 Å². The van der Waals surface area contributed by atoms with E-state index >= 15 is 0 Å². The van der Waals surface area contributed by atoms with Crippen molar-refractivity contribution in [2.45, 2.75) is 32.9 Å². The van der Waals surface area contributed by atoms with Crippen LogP contribution in [0.5, 0.6) is 0 Å². The van der Waals surface area contributed by atoms with Gasteiger partial charge in [0.25, 0.3) is 0 Å². The summed E-state index contributed by atoms with van der Waals surface area (Å²) in [6, 6.07) is 2.13. The molecule has 0 unspecified atom stereocenters. The van der Waals surface area contributed by atoms with E-state index in [0.29, 0.717) is 5.92 Å². The molecule has 0 saturated carbocycles. The average Bonchev–Trinajstić information content (AvgIpc) is 2.95. The average molecular weight is 361 g/mol. The summed E-state index contributed by atoms with van der Waals surface area (Å²) >= 11 is 6.75. The summed E-state index contributed by atoms with van der Waals surface area (Å²) in [5.41, 5.74) is 2.28. The van der Waals surface area contributed by atoms with Gasteiger partial charge in [-0.05, 0) is 38.9 Å². The highest BCUT2D eigenvalue weighted by Gasteiger charge is 2.16. The maximum atomic E-state index is 9.40. The van der Waals surface area contributed by atoms with Crippen LogP contribution in [0.3, 0.4) is 0 Å². The molecule has 0 saturated heterocycles. The Kier molecular flexibility index (Phi) is 5.00. The third-order valence-electron chi connectivity index (χ3n) is 2.77. The number of rotatable bonds is 5. The van der Waals surface area contributed by atoms with Gasteiger partial charge in [0.2, 0.25) is 0 Å². The van der Waals surface area contributed by atoms with Crippen LogP contribution in [0, 0.1) is 0 Å². The molecule has 0 aliphatic rings. The highest BCUT2D eigenvalue weighted by atomic mass is 79.9. The maximum Gasteiger partial charge on any atom is 0.185 e. The van der Waals surface area contributed by atoms with Crippen molar-refractivity contribution < 1.29 is 5.11 Å². The Morgan fingerprint density at radius 3 is 2.68 bits per heavy atom. The number of aliphatic hydroxyl groups excluding tert-OH is 1. The molecule has 0 atom stereocenters. The SMILES string of the molecule is CC(C)c1nc(N(C)Cc2csc(Br)c2)sc1CO. The van der Waals surface area contributed by atoms with Crippen molar-refractivity contribution in [3.8, 4) is 0 Å². The second-order valence-corrected chi connectivity index (χ2v) is 8.09. The van der Waals surface area contributed by atoms with Crippen LogP contribution < -0.4 is 4.90 Å². The molecule has 2 aromatic heterocycles. The molecule has 3 nitrogen and oxygen atoms in total. The van der Waals surface area contributed by atoms with Gasteiger partial charge in [-0.25, -0.2) is 4.98 Å². The molecule has 0 aliphatic heterocycles. The highest BCUT2D eigenvalue weighted by Crippen LogP contribution is 2.31. The predicted molar refractivity (Wildman–Crippen MR) is 86.3 cm³/mol. The zero-order valence-corrected chi connectivity index (χ0v) is 14.4. The summed E-state index contributed by atoms with van der Waals surface area (Å²) in [5, 5.41) is 12.5. The van der Waals surface area contributed by atoms with Crippen LogP contribution in [0.2, 0.25) is 0 Å². The third kappa shape index (κ3) is 3.56. The summed E-state index contributed by atoms with van der Waals surface area (Å²) < 4.78 is 1.15. The molecule has 1 N–H and O–H groups in total. The minimum Gasteiger partial charge on any atom is -0.391 e. The van der Waals surface area contributed by atoms with E-state index in [1.54, 1.807) is 22.7 Å². The zero-order valence-electron chi connectivity index (χ0n) is 11.2. The standard InChI is InChI=1S/C13H17BrN2OS2/c1-8(2)12-10(6-17)19-13(15-12)16(3)5-9-4-11(14)18-7-9/h4,7-8,17H,5-6H2,1-3H3. The van der Waals surface area contributed by atoms with Crippen molar-refractivity contribution in [1.29, 1.82) is 0 Å². The second-order valence-electron chi connectivity index (χ2n) is 4.73. The molecular weight excluding hydrogens is 344 g/mol. The number of thiophene rings is 1. The summed E-state index contributed by atoms with van der Waals surface area (Å²) in [4.78, 5) is 7.76. The fourth-order valence-electron chi connectivity index (χ4n) is 1.85. The summed E-state index contributed by atoms with van der Waals surface area (Å²) in [6.45, 7) is 5.11. The number of thiazole rings is 1. The third-order valence-corrected chi connectivity index (χ3v) is 5.50. The highest BCUT2D eigenvalue weighted by molar-refractivity contribution is 9.11. The molecule has 2 aromatic rings. The summed E-state index contributed by atoms with van der Waals surface area (Å²) in [6.07, 6.45) is 0. The number of nitrogens with zero attached hydrogens (tertiary/aromatic N) is 2. The van der Waals surface area contributed by atoms with E-state index in [4.69, 9.17) is 0 Å². The Balaban J connectivity index is 2.17. The summed E-state index contributed by atoms with van der Waals surface area (Å²) in [5.74, 6) is 0.343. The first-order valence-electron chi connectivity index (χ1n) is 6.05. The van der Waals surface area contributed by atoms with E-state index in [1.807, 2.05) is 7.05 Å². The molecule has 19 heavy (non-hydrogen) atoms. The maximum absolute atomic E-state index is 9.40. The van der Waals surface area contributed by atoms with Gasteiger partial charge in [0.15, 0.2) is 5.13 Å². The number of anilines is 1. The summed E-state index contributed by atoms with van der Waals surface area (Å²) in [7, 11) is 2.04. The molecule has 6 heteroatoms. The Labute approximate surface area is 130 Å². The van der Waals surface area contributed by atoms with Gasteiger partial charge in [-0.3, -0.25) is 0 Å². The normalized spacial score (nSPS) is 11.3. The Bertz CT molecular complexity index is 551. The molecule has 0 spiro atoms. The van der Waals surface area contributed by atoms with Gasteiger partial charge in [0, 0.05) is 13.6 Å². The number of aromatic nitrogens is 1. The molecule has 0 radical (unpaired) electrons. The van der Waals surface area contributed by atoms with Crippen LogP contribution in [0.4, 0.5) is 5.13 Å². The van der Waals surface area contributed by atoms with Crippen LogP contribution in [0.15, 0.2) is 15.2 Å². The minimum atomic E-state index is 0.0724. The lowest BCUT2D eigenvalue weighted by Crippen LogP contribution is -2.15. The van der Waals surface area contributed by atoms with Gasteiger partial charge in [-0.1, -0.05) is 25.2 Å².